The molecular weight excluding hydrogens is 355 g/mol. The zero-order chi connectivity index (χ0) is 17.3. The number of esters is 1. The first-order valence-electron chi connectivity index (χ1n) is 6.67. The fraction of sp³-hybridized carbons (Fsp3) is 0. The molecule has 3 rings (SSSR count). The van der Waals surface area contributed by atoms with Crippen LogP contribution >= 0.6 is 23.2 Å². The summed E-state index contributed by atoms with van der Waals surface area (Å²) < 4.78 is 5.10. The lowest BCUT2D eigenvalue weighted by Crippen LogP contribution is -2.05. The van der Waals surface area contributed by atoms with Crippen molar-refractivity contribution in [3.63, 3.8) is 0 Å². The normalized spacial score (nSPS) is 15.3. The molecule has 0 atom stereocenters. The standard InChI is InChI=1S/C16H8Cl2N2O4/c17-12-2-1-3-13(18)11(12)8-14-16(21)24-15(19-14)9-4-6-10(7-5-9)20(22)23/h1-8H. The molecule has 6 nitrogen and oxygen atoms in total. The van der Waals surface area contributed by atoms with Crippen LogP contribution in [0.5, 0.6) is 0 Å². The molecular formula is C16H8Cl2N2O4. The lowest BCUT2D eigenvalue weighted by atomic mass is 10.2. The van der Waals surface area contributed by atoms with E-state index in [9.17, 15) is 14.9 Å². The molecule has 1 aliphatic heterocycles. The van der Waals surface area contributed by atoms with Gasteiger partial charge in [-0.3, -0.25) is 10.1 Å². The number of rotatable bonds is 3. The van der Waals surface area contributed by atoms with Crippen LogP contribution in [0.1, 0.15) is 11.1 Å². The Morgan fingerprint density at radius 3 is 2.29 bits per heavy atom. The van der Waals surface area contributed by atoms with Crippen LogP contribution in [0.15, 0.2) is 53.2 Å². The van der Waals surface area contributed by atoms with E-state index in [1.807, 2.05) is 0 Å². The quantitative estimate of drug-likeness (QED) is 0.353. The second-order valence-electron chi connectivity index (χ2n) is 4.78. The van der Waals surface area contributed by atoms with Gasteiger partial charge in [0.25, 0.3) is 5.69 Å². The maximum absolute atomic E-state index is 12.0. The Morgan fingerprint density at radius 1 is 1.08 bits per heavy atom. The van der Waals surface area contributed by atoms with Gasteiger partial charge in [0.2, 0.25) is 5.90 Å². The number of hydrogen-bond donors (Lipinski definition) is 0. The molecule has 2 aromatic rings. The van der Waals surface area contributed by atoms with Crippen LogP contribution in [0.25, 0.3) is 6.08 Å². The van der Waals surface area contributed by atoms with Crippen molar-refractivity contribution in [2.24, 2.45) is 4.99 Å². The topological polar surface area (TPSA) is 81.8 Å². The molecule has 2 aromatic carbocycles. The van der Waals surface area contributed by atoms with E-state index in [0.717, 1.165) is 0 Å². The summed E-state index contributed by atoms with van der Waals surface area (Å²) in [7, 11) is 0. The molecule has 120 valence electrons. The average molecular weight is 363 g/mol. The molecule has 0 radical (unpaired) electrons. The zero-order valence-corrected chi connectivity index (χ0v) is 13.4. The van der Waals surface area contributed by atoms with E-state index in [0.29, 0.717) is 21.2 Å². The summed E-state index contributed by atoms with van der Waals surface area (Å²) in [4.78, 5) is 26.2. The number of nitrogens with zero attached hydrogens (tertiary/aromatic N) is 2. The highest BCUT2D eigenvalue weighted by molar-refractivity contribution is 6.37. The number of carbonyl (C=O) groups is 1. The highest BCUT2D eigenvalue weighted by Crippen LogP contribution is 2.28. The van der Waals surface area contributed by atoms with Gasteiger partial charge >= 0.3 is 5.97 Å². The molecule has 1 aliphatic rings. The molecule has 0 unspecified atom stereocenters. The van der Waals surface area contributed by atoms with Gasteiger partial charge in [-0.1, -0.05) is 29.3 Å². The van der Waals surface area contributed by atoms with Crippen LogP contribution in [-0.2, 0) is 9.53 Å². The first-order chi connectivity index (χ1) is 11.5. The highest BCUT2D eigenvalue weighted by atomic mass is 35.5. The third kappa shape index (κ3) is 3.15. The van der Waals surface area contributed by atoms with Crippen LogP contribution in [0, 0.1) is 10.1 Å². The third-order valence-electron chi connectivity index (χ3n) is 3.23. The summed E-state index contributed by atoms with van der Waals surface area (Å²) in [6.07, 6.45) is 1.44. The number of aliphatic imine (C=N–C) groups is 1. The Kier molecular flexibility index (Phi) is 4.33. The largest absolute Gasteiger partial charge is 0.402 e. The van der Waals surface area contributed by atoms with Crippen LogP contribution < -0.4 is 0 Å². The zero-order valence-electron chi connectivity index (χ0n) is 11.9. The maximum Gasteiger partial charge on any atom is 0.363 e. The van der Waals surface area contributed by atoms with E-state index < -0.39 is 10.9 Å². The lowest BCUT2D eigenvalue weighted by molar-refractivity contribution is -0.384. The summed E-state index contributed by atoms with van der Waals surface area (Å²) in [6, 6.07) is 10.5. The smallest absolute Gasteiger partial charge is 0.363 e. The second kappa shape index (κ2) is 6.43. The number of benzene rings is 2. The predicted octanol–water partition coefficient (Wildman–Crippen LogP) is 4.25. The number of hydrogen-bond acceptors (Lipinski definition) is 5. The summed E-state index contributed by atoms with van der Waals surface area (Å²) in [5.74, 6) is -0.594. The number of nitro benzene ring substituents is 1. The van der Waals surface area contributed by atoms with Crippen molar-refractivity contribution in [3.05, 3.63) is 79.4 Å². The van der Waals surface area contributed by atoms with Crippen molar-refractivity contribution in [1.29, 1.82) is 0 Å². The predicted molar refractivity (Wildman–Crippen MR) is 90.2 cm³/mol. The van der Waals surface area contributed by atoms with Crippen molar-refractivity contribution in [1.82, 2.24) is 0 Å². The number of cyclic esters (lactones) is 1. The highest BCUT2D eigenvalue weighted by Gasteiger charge is 2.25. The van der Waals surface area contributed by atoms with Crippen LogP contribution in [0.3, 0.4) is 0 Å². The molecule has 0 saturated heterocycles. The maximum atomic E-state index is 12.0. The number of halogens is 2. The van der Waals surface area contributed by atoms with Gasteiger partial charge in [0.05, 0.1) is 4.92 Å². The minimum Gasteiger partial charge on any atom is -0.402 e. The van der Waals surface area contributed by atoms with Gasteiger partial charge in [0.15, 0.2) is 5.70 Å². The van der Waals surface area contributed by atoms with E-state index in [-0.39, 0.29) is 17.3 Å². The van der Waals surface area contributed by atoms with E-state index in [2.05, 4.69) is 4.99 Å². The van der Waals surface area contributed by atoms with Gasteiger partial charge in [-0.25, -0.2) is 9.79 Å². The summed E-state index contributed by atoms with van der Waals surface area (Å²) in [6.45, 7) is 0. The van der Waals surface area contributed by atoms with Crippen LogP contribution in [0.4, 0.5) is 5.69 Å². The van der Waals surface area contributed by atoms with E-state index in [1.54, 1.807) is 18.2 Å². The van der Waals surface area contributed by atoms with Crippen molar-refractivity contribution < 1.29 is 14.5 Å². The molecule has 0 saturated carbocycles. The molecule has 0 fully saturated rings. The molecule has 1 heterocycles. The summed E-state index contributed by atoms with van der Waals surface area (Å²) >= 11 is 12.1. The molecule has 0 aliphatic carbocycles. The Labute approximate surface area is 146 Å². The molecule has 0 aromatic heterocycles. The number of nitro groups is 1. The Balaban J connectivity index is 1.96. The third-order valence-corrected chi connectivity index (χ3v) is 3.89. The molecule has 0 bridgehead atoms. The lowest BCUT2D eigenvalue weighted by Gasteiger charge is -2.00. The number of carbonyl (C=O) groups excluding carboxylic acids is 1. The van der Waals surface area contributed by atoms with Crippen LogP contribution in [-0.4, -0.2) is 16.8 Å². The van der Waals surface area contributed by atoms with Gasteiger partial charge < -0.3 is 4.74 Å². The van der Waals surface area contributed by atoms with Crippen molar-refractivity contribution >= 4 is 46.8 Å². The Morgan fingerprint density at radius 2 is 1.71 bits per heavy atom. The monoisotopic (exact) mass is 362 g/mol. The van der Waals surface area contributed by atoms with Crippen molar-refractivity contribution in [2.75, 3.05) is 0 Å². The Bertz CT molecular complexity index is 885. The summed E-state index contributed by atoms with van der Waals surface area (Å²) in [5, 5.41) is 11.4. The van der Waals surface area contributed by atoms with E-state index in [4.69, 9.17) is 27.9 Å². The fourth-order valence-electron chi connectivity index (χ4n) is 2.04. The van der Waals surface area contributed by atoms with E-state index in [1.165, 1.54) is 30.3 Å². The average Bonchev–Trinajstić information content (AvgIpc) is 2.92. The van der Waals surface area contributed by atoms with Gasteiger partial charge in [-0.05, 0) is 30.3 Å². The molecule has 24 heavy (non-hydrogen) atoms. The van der Waals surface area contributed by atoms with Crippen molar-refractivity contribution in [2.45, 2.75) is 0 Å². The number of ether oxygens (including phenoxy) is 1. The summed E-state index contributed by atoms with van der Waals surface area (Å²) in [5.41, 5.74) is 0.879. The van der Waals surface area contributed by atoms with Gasteiger partial charge in [0.1, 0.15) is 0 Å². The fourth-order valence-corrected chi connectivity index (χ4v) is 2.55. The minimum absolute atomic E-state index is 0.0401. The second-order valence-corrected chi connectivity index (χ2v) is 5.59. The first kappa shape index (κ1) is 16.2. The SMILES string of the molecule is O=C1OC(c2ccc([N+](=O)[O-])cc2)=NC1=Cc1c(Cl)cccc1Cl. The van der Waals surface area contributed by atoms with Crippen molar-refractivity contribution in [3.8, 4) is 0 Å². The molecule has 0 N–H and O–H groups in total. The first-order valence-corrected chi connectivity index (χ1v) is 7.42. The van der Waals surface area contributed by atoms with Gasteiger partial charge in [-0.15, -0.1) is 0 Å². The molecule has 0 spiro atoms. The molecule has 8 heteroatoms. The Hall–Kier alpha value is -2.70. The van der Waals surface area contributed by atoms with Crippen LogP contribution in [0.2, 0.25) is 10.0 Å². The van der Waals surface area contributed by atoms with Gasteiger partial charge in [0, 0.05) is 33.3 Å². The minimum atomic E-state index is -0.653. The van der Waals surface area contributed by atoms with Gasteiger partial charge in [-0.2, -0.15) is 0 Å². The van der Waals surface area contributed by atoms with E-state index >= 15 is 0 Å². The molecule has 0 amide bonds. The number of non-ortho nitro benzene ring substituents is 1.